The van der Waals surface area contributed by atoms with Crippen LogP contribution in [0.2, 0.25) is 0 Å². The Morgan fingerprint density at radius 2 is 1.65 bits per heavy atom. The molecule has 0 spiro atoms. The van der Waals surface area contributed by atoms with E-state index in [4.69, 9.17) is 0 Å². The molecule has 0 heterocycles. The van der Waals surface area contributed by atoms with Crippen molar-refractivity contribution in [3.8, 4) is 0 Å². The van der Waals surface area contributed by atoms with E-state index in [2.05, 4.69) is 24.3 Å². The van der Waals surface area contributed by atoms with E-state index in [9.17, 15) is 5.11 Å². The second-order valence-electron chi connectivity index (χ2n) is 5.05. The van der Waals surface area contributed by atoms with Gasteiger partial charge < -0.3 is 5.11 Å². The Morgan fingerprint density at radius 1 is 1.00 bits per heavy atom. The van der Waals surface area contributed by atoms with Gasteiger partial charge in [-0.2, -0.15) is 0 Å². The van der Waals surface area contributed by atoms with Crippen LogP contribution >= 0.6 is 11.8 Å². The SMILES string of the molecule is OC1(CCSc2ccccc2)CCCCCC1. The third kappa shape index (κ3) is 4.36. The first-order valence-corrected chi connectivity index (χ1v) is 7.67. The van der Waals surface area contributed by atoms with E-state index in [1.54, 1.807) is 0 Å². The van der Waals surface area contributed by atoms with Crippen LogP contribution in [0.5, 0.6) is 0 Å². The molecule has 0 atom stereocenters. The van der Waals surface area contributed by atoms with E-state index in [0.29, 0.717) is 0 Å². The van der Waals surface area contributed by atoms with Gasteiger partial charge >= 0.3 is 0 Å². The normalized spacial score (nSPS) is 19.8. The van der Waals surface area contributed by atoms with Crippen molar-refractivity contribution < 1.29 is 5.11 Å². The summed E-state index contributed by atoms with van der Waals surface area (Å²) in [5, 5.41) is 10.5. The predicted octanol–water partition coefficient (Wildman–Crippen LogP) is 4.25. The van der Waals surface area contributed by atoms with E-state index in [0.717, 1.165) is 25.0 Å². The minimum atomic E-state index is -0.377. The van der Waals surface area contributed by atoms with Crippen LogP contribution in [0.4, 0.5) is 0 Å². The minimum absolute atomic E-state index is 0.377. The third-order valence-corrected chi connectivity index (χ3v) is 4.63. The third-order valence-electron chi connectivity index (χ3n) is 3.61. The van der Waals surface area contributed by atoms with E-state index < -0.39 is 0 Å². The van der Waals surface area contributed by atoms with Gasteiger partial charge in [-0.3, -0.25) is 0 Å². The number of rotatable bonds is 4. The molecule has 0 unspecified atom stereocenters. The topological polar surface area (TPSA) is 20.2 Å². The maximum atomic E-state index is 10.5. The standard InChI is InChI=1S/C15H22OS/c16-15(10-6-1-2-7-11-15)12-13-17-14-8-4-3-5-9-14/h3-5,8-9,16H,1-2,6-7,10-13H2. The van der Waals surface area contributed by atoms with Gasteiger partial charge in [0.1, 0.15) is 0 Å². The molecule has 2 heteroatoms. The fraction of sp³-hybridized carbons (Fsp3) is 0.600. The molecule has 0 saturated heterocycles. The molecule has 0 radical (unpaired) electrons. The molecule has 2 rings (SSSR count). The summed E-state index contributed by atoms with van der Waals surface area (Å²) in [7, 11) is 0. The van der Waals surface area contributed by atoms with Crippen LogP contribution in [0.3, 0.4) is 0 Å². The maximum absolute atomic E-state index is 10.5. The lowest BCUT2D eigenvalue weighted by Crippen LogP contribution is -2.28. The van der Waals surface area contributed by atoms with Gasteiger partial charge in [-0.05, 0) is 31.4 Å². The van der Waals surface area contributed by atoms with Gasteiger partial charge in [0.15, 0.2) is 0 Å². The van der Waals surface area contributed by atoms with Crippen molar-refractivity contribution in [2.24, 2.45) is 0 Å². The summed E-state index contributed by atoms with van der Waals surface area (Å²) in [5.41, 5.74) is -0.377. The Morgan fingerprint density at radius 3 is 2.29 bits per heavy atom. The Labute approximate surface area is 109 Å². The van der Waals surface area contributed by atoms with Gasteiger partial charge in [-0.1, -0.05) is 43.9 Å². The molecule has 0 bridgehead atoms. The monoisotopic (exact) mass is 250 g/mol. The van der Waals surface area contributed by atoms with Crippen molar-refractivity contribution in [2.45, 2.75) is 55.4 Å². The Bertz CT molecular complexity index is 315. The highest BCUT2D eigenvalue weighted by molar-refractivity contribution is 7.99. The Balaban J connectivity index is 1.77. The summed E-state index contributed by atoms with van der Waals surface area (Å²) in [6, 6.07) is 10.5. The van der Waals surface area contributed by atoms with Gasteiger partial charge in [0.05, 0.1) is 5.60 Å². The van der Waals surface area contributed by atoms with Crippen LogP contribution in [0.1, 0.15) is 44.9 Å². The van der Waals surface area contributed by atoms with E-state index >= 15 is 0 Å². The second-order valence-corrected chi connectivity index (χ2v) is 6.22. The molecule has 1 aromatic rings. The average molecular weight is 250 g/mol. The van der Waals surface area contributed by atoms with Crippen molar-refractivity contribution in [3.05, 3.63) is 30.3 Å². The number of benzene rings is 1. The molecule has 1 aromatic carbocycles. The van der Waals surface area contributed by atoms with Crippen LogP contribution in [0, 0.1) is 0 Å². The first-order chi connectivity index (χ1) is 8.29. The predicted molar refractivity (Wildman–Crippen MR) is 74.4 cm³/mol. The molecular weight excluding hydrogens is 228 g/mol. The van der Waals surface area contributed by atoms with Gasteiger partial charge in [-0.15, -0.1) is 11.8 Å². The van der Waals surface area contributed by atoms with Crippen LogP contribution in [-0.2, 0) is 0 Å². The Kier molecular flexibility index (Phi) is 4.93. The molecule has 1 fully saturated rings. The van der Waals surface area contributed by atoms with Crippen LogP contribution in [0.15, 0.2) is 35.2 Å². The van der Waals surface area contributed by atoms with E-state index in [-0.39, 0.29) is 5.60 Å². The number of hydrogen-bond donors (Lipinski definition) is 1. The largest absolute Gasteiger partial charge is 0.390 e. The number of hydrogen-bond acceptors (Lipinski definition) is 2. The van der Waals surface area contributed by atoms with Crippen LogP contribution in [0.25, 0.3) is 0 Å². The fourth-order valence-corrected chi connectivity index (χ4v) is 3.58. The lowest BCUT2D eigenvalue weighted by Gasteiger charge is -2.26. The molecular formula is C15H22OS. The van der Waals surface area contributed by atoms with Crippen molar-refractivity contribution in [1.29, 1.82) is 0 Å². The summed E-state index contributed by atoms with van der Waals surface area (Å²) >= 11 is 1.86. The number of thioether (sulfide) groups is 1. The molecule has 1 N–H and O–H groups in total. The van der Waals surface area contributed by atoms with Crippen molar-refractivity contribution in [1.82, 2.24) is 0 Å². The van der Waals surface area contributed by atoms with Crippen LogP contribution in [-0.4, -0.2) is 16.5 Å². The molecule has 1 aliphatic rings. The highest BCUT2D eigenvalue weighted by Gasteiger charge is 2.27. The summed E-state index contributed by atoms with van der Waals surface area (Å²) in [5.74, 6) is 1.03. The smallest absolute Gasteiger partial charge is 0.0655 e. The summed E-state index contributed by atoms with van der Waals surface area (Å²) in [6.07, 6.45) is 7.94. The van der Waals surface area contributed by atoms with Gasteiger partial charge in [0.25, 0.3) is 0 Å². The first-order valence-electron chi connectivity index (χ1n) is 6.69. The van der Waals surface area contributed by atoms with Crippen LogP contribution < -0.4 is 0 Å². The van der Waals surface area contributed by atoms with Crippen molar-refractivity contribution in [2.75, 3.05) is 5.75 Å². The highest BCUT2D eigenvalue weighted by atomic mass is 32.2. The van der Waals surface area contributed by atoms with E-state index in [1.165, 1.54) is 30.6 Å². The molecule has 17 heavy (non-hydrogen) atoms. The Hall–Kier alpha value is -0.470. The van der Waals surface area contributed by atoms with Crippen molar-refractivity contribution >= 4 is 11.8 Å². The zero-order valence-electron chi connectivity index (χ0n) is 10.4. The van der Waals surface area contributed by atoms with E-state index in [1.807, 2.05) is 17.8 Å². The molecule has 1 aliphatic carbocycles. The minimum Gasteiger partial charge on any atom is -0.390 e. The van der Waals surface area contributed by atoms with Gasteiger partial charge in [-0.25, -0.2) is 0 Å². The average Bonchev–Trinajstić information content (AvgIpc) is 2.56. The summed E-state index contributed by atoms with van der Waals surface area (Å²) in [4.78, 5) is 1.31. The maximum Gasteiger partial charge on any atom is 0.0655 e. The molecule has 0 aliphatic heterocycles. The molecule has 0 aromatic heterocycles. The molecule has 1 nitrogen and oxygen atoms in total. The molecule has 0 amide bonds. The summed E-state index contributed by atoms with van der Waals surface area (Å²) in [6.45, 7) is 0. The molecule has 94 valence electrons. The lowest BCUT2D eigenvalue weighted by atomic mass is 9.92. The van der Waals surface area contributed by atoms with Gasteiger partial charge in [0, 0.05) is 10.6 Å². The highest BCUT2D eigenvalue weighted by Crippen LogP contribution is 2.32. The lowest BCUT2D eigenvalue weighted by molar-refractivity contribution is 0.0223. The van der Waals surface area contributed by atoms with Gasteiger partial charge in [0.2, 0.25) is 0 Å². The number of aliphatic hydroxyl groups is 1. The van der Waals surface area contributed by atoms with Crippen molar-refractivity contribution in [3.63, 3.8) is 0 Å². The first kappa shape index (κ1) is 13.0. The zero-order chi connectivity index (χ0) is 12.0. The fourth-order valence-electron chi connectivity index (χ4n) is 2.51. The molecule has 1 saturated carbocycles. The quantitative estimate of drug-likeness (QED) is 0.636. The second kappa shape index (κ2) is 6.46. The summed E-state index contributed by atoms with van der Waals surface area (Å²) < 4.78 is 0. The zero-order valence-corrected chi connectivity index (χ0v) is 11.2.